The molecule has 0 aliphatic carbocycles. The Kier molecular flexibility index (Phi) is 3.70. The molecule has 3 heterocycles. The van der Waals surface area contributed by atoms with Crippen LogP contribution in [0.3, 0.4) is 0 Å². The molecular weight excluding hydrogens is 280 g/mol. The lowest BCUT2D eigenvalue weighted by molar-refractivity contribution is 0.214. The first-order valence-corrected chi connectivity index (χ1v) is 6.74. The van der Waals surface area contributed by atoms with Crippen LogP contribution in [0.15, 0.2) is 18.6 Å². The maximum atomic E-state index is 6.07. The molecule has 0 saturated carbocycles. The van der Waals surface area contributed by atoms with Crippen molar-refractivity contribution in [2.45, 2.75) is 12.5 Å². The second kappa shape index (κ2) is 5.64. The van der Waals surface area contributed by atoms with Gasteiger partial charge in [0.25, 0.3) is 0 Å². The van der Waals surface area contributed by atoms with E-state index in [4.69, 9.17) is 16.3 Å². The van der Waals surface area contributed by atoms with Crippen molar-refractivity contribution >= 4 is 23.2 Å². The summed E-state index contributed by atoms with van der Waals surface area (Å²) in [5.74, 6) is 0.838. The zero-order valence-electron chi connectivity index (χ0n) is 11.0. The Labute approximate surface area is 121 Å². The quantitative estimate of drug-likeness (QED) is 0.886. The molecule has 1 aliphatic rings. The van der Waals surface area contributed by atoms with Crippen molar-refractivity contribution in [2.75, 3.05) is 18.4 Å². The van der Waals surface area contributed by atoms with Gasteiger partial charge < -0.3 is 15.4 Å². The summed E-state index contributed by atoms with van der Waals surface area (Å²) in [6, 6.07) is 0. The number of halogens is 1. The van der Waals surface area contributed by atoms with Gasteiger partial charge in [-0.2, -0.15) is 10.1 Å². The van der Waals surface area contributed by atoms with Crippen LogP contribution >= 0.6 is 11.6 Å². The third-order valence-corrected chi connectivity index (χ3v) is 3.23. The minimum absolute atomic E-state index is 0.105. The maximum absolute atomic E-state index is 6.07. The van der Waals surface area contributed by atoms with Crippen LogP contribution in [0.1, 0.15) is 6.42 Å². The molecule has 0 amide bonds. The summed E-state index contributed by atoms with van der Waals surface area (Å²) < 4.78 is 7.48. The molecule has 2 aromatic heterocycles. The molecule has 2 N–H and O–H groups in total. The van der Waals surface area contributed by atoms with E-state index in [1.54, 1.807) is 10.9 Å². The third kappa shape index (κ3) is 3.00. The van der Waals surface area contributed by atoms with Gasteiger partial charge in [-0.15, -0.1) is 0 Å². The highest BCUT2D eigenvalue weighted by Crippen LogP contribution is 2.25. The Morgan fingerprint density at radius 3 is 3.10 bits per heavy atom. The number of hydrogen-bond acceptors (Lipinski definition) is 6. The highest BCUT2D eigenvalue weighted by molar-refractivity contribution is 6.31. The summed E-state index contributed by atoms with van der Waals surface area (Å²) in [7, 11) is 1.84. The standard InChI is InChI=1S/C12H15ClN6O/c1-19-7-8(4-16-19)17-12-15-6-10(13)11(18-12)20-9-2-3-14-5-9/h4,6-7,9,14H,2-3,5H2,1H3,(H,15,17,18). The molecule has 1 fully saturated rings. The number of aromatic nitrogens is 4. The van der Waals surface area contributed by atoms with Crippen LogP contribution in [0, 0.1) is 0 Å². The van der Waals surface area contributed by atoms with Gasteiger partial charge in [0.2, 0.25) is 11.8 Å². The van der Waals surface area contributed by atoms with Crippen molar-refractivity contribution in [2.24, 2.45) is 7.05 Å². The van der Waals surface area contributed by atoms with Gasteiger partial charge >= 0.3 is 0 Å². The van der Waals surface area contributed by atoms with Gasteiger partial charge in [0.05, 0.1) is 18.1 Å². The van der Waals surface area contributed by atoms with E-state index in [9.17, 15) is 0 Å². The zero-order valence-corrected chi connectivity index (χ0v) is 11.8. The largest absolute Gasteiger partial charge is 0.472 e. The Hall–Kier alpha value is -1.86. The molecule has 1 atom stereocenters. The number of nitrogens with zero attached hydrogens (tertiary/aromatic N) is 4. The van der Waals surface area contributed by atoms with Gasteiger partial charge in [0.15, 0.2) is 0 Å². The molecule has 0 radical (unpaired) electrons. The fourth-order valence-electron chi connectivity index (χ4n) is 2.00. The van der Waals surface area contributed by atoms with Crippen LogP contribution in [0.25, 0.3) is 0 Å². The number of nitrogens with one attached hydrogen (secondary N) is 2. The first-order valence-electron chi connectivity index (χ1n) is 6.36. The van der Waals surface area contributed by atoms with Crippen LogP contribution in [-0.4, -0.2) is 38.9 Å². The molecule has 1 unspecified atom stereocenters. The van der Waals surface area contributed by atoms with E-state index in [1.165, 1.54) is 6.20 Å². The number of anilines is 2. The van der Waals surface area contributed by atoms with Gasteiger partial charge in [0.1, 0.15) is 11.1 Å². The van der Waals surface area contributed by atoms with Crippen LogP contribution in [-0.2, 0) is 7.05 Å². The zero-order chi connectivity index (χ0) is 13.9. The molecule has 0 aromatic carbocycles. The van der Waals surface area contributed by atoms with E-state index >= 15 is 0 Å². The summed E-state index contributed by atoms with van der Waals surface area (Å²) in [5, 5.41) is 10.8. The average Bonchev–Trinajstić information content (AvgIpc) is 3.06. The normalized spacial score (nSPS) is 18.2. The monoisotopic (exact) mass is 294 g/mol. The number of aryl methyl sites for hydroxylation is 1. The molecule has 3 rings (SSSR count). The predicted molar refractivity (Wildman–Crippen MR) is 75.4 cm³/mol. The van der Waals surface area contributed by atoms with Crippen molar-refractivity contribution in [3.63, 3.8) is 0 Å². The Bertz CT molecular complexity index is 595. The molecule has 8 heteroatoms. The fourth-order valence-corrected chi connectivity index (χ4v) is 2.13. The van der Waals surface area contributed by atoms with Gasteiger partial charge in [-0.3, -0.25) is 4.68 Å². The lowest BCUT2D eigenvalue weighted by atomic mass is 10.3. The summed E-state index contributed by atoms with van der Waals surface area (Å²) in [6.07, 6.45) is 6.11. The van der Waals surface area contributed by atoms with Gasteiger partial charge in [-0.05, 0) is 13.0 Å². The average molecular weight is 295 g/mol. The smallest absolute Gasteiger partial charge is 0.237 e. The SMILES string of the molecule is Cn1cc(Nc2ncc(Cl)c(OC3CCNC3)n2)cn1. The van der Waals surface area contributed by atoms with Crippen molar-refractivity contribution in [3.05, 3.63) is 23.6 Å². The molecule has 0 bridgehead atoms. The predicted octanol–water partition coefficient (Wildman–Crippen LogP) is 1.35. The minimum atomic E-state index is 0.105. The highest BCUT2D eigenvalue weighted by atomic mass is 35.5. The Morgan fingerprint density at radius 1 is 1.50 bits per heavy atom. The number of rotatable bonds is 4. The highest BCUT2D eigenvalue weighted by Gasteiger charge is 2.18. The minimum Gasteiger partial charge on any atom is -0.472 e. The van der Waals surface area contributed by atoms with E-state index in [0.29, 0.717) is 16.9 Å². The first-order chi connectivity index (χ1) is 9.70. The van der Waals surface area contributed by atoms with E-state index in [0.717, 1.165) is 25.2 Å². The van der Waals surface area contributed by atoms with Gasteiger partial charge in [0, 0.05) is 19.8 Å². The van der Waals surface area contributed by atoms with Crippen molar-refractivity contribution in [3.8, 4) is 5.88 Å². The van der Waals surface area contributed by atoms with Crippen molar-refractivity contribution < 1.29 is 4.74 Å². The topological polar surface area (TPSA) is 76.9 Å². The molecule has 106 valence electrons. The summed E-state index contributed by atoms with van der Waals surface area (Å²) in [5.41, 5.74) is 0.809. The van der Waals surface area contributed by atoms with E-state index in [-0.39, 0.29) is 6.10 Å². The Balaban J connectivity index is 1.75. The lowest BCUT2D eigenvalue weighted by Crippen LogP contribution is -2.20. The molecule has 2 aromatic rings. The van der Waals surface area contributed by atoms with Crippen LogP contribution in [0.2, 0.25) is 5.02 Å². The van der Waals surface area contributed by atoms with Crippen LogP contribution in [0.5, 0.6) is 5.88 Å². The van der Waals surface area contributed by atoms with E-state index in [2.05, 4.69) is 25.7 Å². The second-order valence-corrected chi connectivity index (χ2v) is 5.01. The summed E-state index contributed by atoms with van der Waals surface area (Å²) in [6.45, 7) is 1.76. The third-order valence-electron chi connectivity index (χ3n) is 2.97. The van der Waals surface area contributed by atoms with Crippen molar-refractivity contribution in [1.29, 1.82) is 0 Å². The molecule has 1 aliphatic heterocycles. The molecule has 0 spiro atoms. The molecular formula is C12H15ClN6O. The van der Waals surface area contributed by atoms with Crippen molar-refractivity contribution in [1.82, 2.24) is 25.1 Å². The number of ether oxygens (including phenoxy) is 1. The molecule has 20 heavy (non-hydrogen) atoms. The summed E-state index contributed by atoms with van der Waals surface area (Å²) >= 11 is 6.07. The summed E-state index contributed by atoms with van der Waals surface area (Å²) in [4.78, 5) is 8.43. The van der Waals surface area contributed by atoms with E-state index in [1.807, 2.05) is 13.2 Å². The molecule has 1 saturated heterocycles. The lowest BCUT2D eigenvalue weighted by Gasteiger charge is -2.13. The van der Waals surface area contributed by atoms with E-state index < -0.39 is 0 Å². The first kappa shape index (κ1) is 13.1. The van der Waals surface area contributed by atoms with Crippen LogP contribution in [0.4, 0.5) is 11.6 Å². The van der Waals surface area contributed by atoms with Gasteiger partial charge in [-0.1, -0.05) is 11.6 Å². The second-order valence-electron chi connectivity index (χ2n) is 4.61. The molecule has 7 nitrogen and oxygen atoms in total. The fraction of sp³-hybridized carbons (Fsp3) is 0.417. The Morgan fingerprint density at radius 2 is 2.40 bits per heavy atom. The van der Waals surface area contributed by atoms with Crippen LogP contribution < -0.4 is 15.4 Å². The van der Waals surface area contributed by atoms with Gasteiger partial charge in [-0.25, -0.2) is 4.98 Å². The number of hydrogen-bond donors (Lipinski definition) is 2. The maximum Gasteiger partial charge on any atom is 0.237 e.